The Labute approximate surface area is 140 Å². The first-order chi connectivity index (χ1) is 11.0. The number of aliphatic hydroxyl groups is 1. The summed E-state index contributed by atoms with van der Waals surface area (Å²) in [5, 5.41) is 13.8. The molecule has 0 saturated carbocycles. The van der Waals surface area contributed by atoms with E-state index in [4.69, 9.17) is 11.6 Å². The van der Waals surface area contributed by atoms with Gasteiger partial charge in [-0.1, -0.05) is 29.8 Å². The second kappa shape index (κ2) is 7.61. The van der Waals surface area contributed by atoms with E-state index >= 15 is 0 Å². The van der Waals surface area contributed by atoms with Crippen LogP contribution < -0.4 is 5.32 Å². The van der Waals surface area contributed by atoms with Gasteiger partial charge in [0.05, 0.1) is 0 Å². The van der Waals surface area contributed by atoms with E-state index in [2.05, 4.69) is 10.3 Å². The number of hydrogen-bond acceptors (Lipinski definition) is 3. The highest BCUT2D eigenvalue weighted by atomic mass is 35.5. The van der Waals surface area contributed by atoms with Gasteiger partial charge in [0, 0.05) is 29.0 Å². The third kappa shape index (κ3) is 4.20. The van der Waals surface area contributed by atoms with Gasteiger partial charge >= 0.3 is 0 Å². The zero-order valence-corrected chi connectivity index (χ0v) is 13.6. The number of hydrogen-bond donors (Lipinski definition) is 2. The summed E-state index contributed by atoms with van der Waals surface area (Å²) in [6.45, 7) is 1.67. The van der Waals surface area contributed by atoms with Crippen molar-refractivity contribution in [2.45, 2.75) is 6.92 Å². The number of carbonyl (C=O) groups excluding carboxylic acids is 1. The molecule has 0 aliphatic carbocycles. The Hall–Kier alpha value is -2.59. The van der Waals surface area contributed by atoms with E-state index in [1.165, 1.54) is 0 Å². The van der Waals surface area contributed by atoms with Crippen LogP contribution in [-0.4, -0.2) is 23.8 Å². The predicted octanol–water partition coefficient (Wildman–Crippen LogP) is 4.34. The van der Waals surface area contributed by atoms with Crippen LogP contribution in [0.25, 0.3) is 5.76 Å². The van der Waals surface area contributed by atoms with Gasteiger partial charge in [0.25, 0.3) is 5.91 Å². The molecule has 2 aromatic carbocycles. The molecule has 0 spiro atoms. The third-order valence-corrected chi connectivity index (χ3v) is 3.56. The molecule has 0 aliphatic rings. The van der Waals surface area contributed by atoms with Crippen molar-refractivity contribution in [1.82, 2.24) is 0 Å². The van der Waals surface area contributed by atoms with E-state index in [9.17, 15) is 9.90 Å². The number of aliphatic hydroxyl groups excluding tert-OH is 1. The van der Waals surface area contributed by atoms with Crippen LogP contribution in [0.15, 0.2) is 65.2 Å². The summed E-state index contributed by atoms with van der Waals surface area (Å²) >= 11 is 5.85. The number of halogens is 1. The summed E-state index contributed by atoms with van der Waals surface area (Å²) in [6, 6.07) is 15.6. The van der Waals surface area contributed by atoms with Gasteiger partial charge in [-0.2, -0.15) is 0 Å². The molecule has 2 rings (SSSR count). The van der Waals surface area contributed by atoms with Crippen molar-refractivity contribution in [3.63, 3.8) is 0 Å². The van der Waals surface area contributed by atoms with E-state index in [1.807, 2.05) is 18.2 Å². The van der Waals surface area contributed by atoms with Gasteiger partial charge in [0.2, 0.25) is 0 Å². The molecule has 2 N–H and O–H groups in total. The second-order valence-electron chi connectivity index (χ2n) is 4.86. The predicted molar refractivity (Wildman–Crippen MR) is 95.1 cm³/mol. The Morgan fingerprint density at radius 1 is 1.09 bits per heavy atom. The van der Waals surface area contributed by atoms with Crippen LogP contribution in [0, 0.1) is 0 Å². The SMILES string of the molecule is CN=C(C)/C(C(=O)Nc1ccccc1)=C(/O)c1ccc(Cl)cc1. The quantitative estimate of drug-likeness (QED) is 0.498. The van der Waals surface area contributed by atoms with E-state index in [-0.39, 0.29) is 11.3 Å². The monoisotopic (exact) mass is 328 g/mol. The summed E-state index contributed by atoms with van der Waals surface area (Å²) in [5.41, 5.74) is 1.70. The summed E-state index contributed by atoms with van der Waals surface area (Å²) in [7, 11) is 1.57. The molecule has 0 atom stereocenters. The summed E-state index contributed by atoms with van der Waals surface area (Å²) in [6.07, 6.45) is 0. The van der Waals surface area contributed by atoms with E-state index in [1.54, 1.807) is 50.4 Å². The molecule has 5 heteroatoms. The first-order valence-electron chi connectivity index (χ1n) is 7.02. The zero-order chi connectivity index (χ0) is 16.8. The van der Waals surface area contributed by atoms with Crippen LogP contribution >= 0.6 is 11.6 Å². The summed E-state index contributed by atoms with van der Waals surface area (Å²) < 4.78 is 0. The minimum atomic E-state index is -0.424. The van der Waals surface area contributed by atoms with Crippen molar-refractivity contribution in [1.29, 1.82) is 0 Å². The van der Waals surface area contributed by atoms with Gasteiger partial charge in [-0.25, -0.2) is 0 Å². The van der Waals surface area contributed by atoms with Crippen LogP contribution in [0.3, 0.4) is 0 Å². The molecule has 1 amide bonds. The van der Waals surface area contributed by atoms with Crippen LogP contribution in [0.2, 0.25) is 5.02 Å². The maximum atomic E-state index is 12.6. The smallest absolute Gasteiger partial charge is 0.261 e. The normalized spacial score (nSPS) is 12.6. The fourth-order valence-electron chi connectivity index (χ4n) is 2.02. The van der Waals surface area contributed by atoms with Gasteiger partial charge in [0.1, 0.15) is 11.3 Å². The number of benzene rings is 2. The molecule has 2 aromatic rings. The first kappa shape index (κ1) is 16.8. The molecule has 0 unspecified atom stereocenters. The largest absolute Gasteiger partial charge is 0.506 e. The summed E-state index contributed by atoms with van der Waals surface area (Å²) in [4.78, 5) is 16.6. The van der Waals surface area contributed by atoms with Crippen molar-refractivity contribution in [3.05, 3.63) is 70.8 Å². The number of aliphatic imine (C=N–C) groups is 1. The van der Waals surface area contributed by atoms with Crippen molar-refractivity contribution in [2.24, 2.45) is 4.99 Å². The molecule has 0 saturated heterocycles. The van der Waals surface area contributed by atoms with Gasteiger partial charge in [-0.05, 0) is 43.3 Å². The molecule has 23 heavy (non-hydrogen) atoms. The highest BCUT2D eigenvalue weighted by molar-refractivity contribution is 6.31. The van der Waals surface area contributed by atoms with Gasteiger partial charge < -0.3 is 10.4 Å². The average Bonchev–Trinajstić information content (AvgIpc) is 2.56. The molecule has 0 fully saturated rings. The molecule has 4 nitrogen and oxygen atoms in total. The Bertz CT molecular complexity index is 750. The number of nitrogens with one attached hydrogen (secondary N) is 1. The van der Waals surface area contributed by atoms with E-state index in [0.29, 0.717) is 22.0 Å². The Balaban J connectivity index is 2.42. The number of anilines is 1. The van der Waals surface area contributed by atoms with Crippen molar-refractivity contribution >= 4 is 34.7 Å². The highest BCUT2D eigenvalue weighted by Gasteiger charge is 2.19. The lowest BCUT2D eigenvalue weighted by Crippen LogP contribution is -2.21. The molecule has 0 heterocycles. The lowest BCUT2D eigenvalue weighted by molar-refractivity contribution is -0.112. The fourth-order valence-corrected chi connectivity index (χ4v) is 2.15. The zero-order valence-electron chi connectivity index (χ0n) is 12.9. The standard InChI is InChI=1S/C18H17ClN2O2/c1-12(20-2)16(17(22)13-8-10-14(19)11-9-13)18(23)21-15-6-4-3-5-7-15/h3-11,22H,1-2H3,(H,21,23)/b17-16-,20-12?. The lowest BCUT2D eigenvalue weighted by atomic mass is 10.0. The number of nitrogens with zero attached hydrogens (tertiary/aromatic N) is 1. The number of amides is 1. The van der Waals surface area contributed by atoms with Gasteiger partial charge in [-0.15, -0.1) is 0 Å². The Morgan fingerprint density at radius 3 is 2.26 bits per heavy atom. The van der Waals surface area contributed by atoms with Crippen molar-refractivity contribution in [2.75, 3.05) is 12.4 Å². The van der Waals surface area contributed by atoms with E-state index in [0.717, 1.165) is 0 Å². The average molecular weight is 329 g/mol. The number of carbonyl (C=O) groups is 1. The van der Waals surface area contributed by atoms with E-state index < -0.39 is 5.91 Å². The summed E-state index contributed by atoms with van der Waals surface area (Å²) in [5.74, 6) is -0.565. The topological polar surface area (TPSA) is 61.7 Å². The van der Waals surface area contributed by atoms with Crippen LogP contribution in [0.1, 0.15) is 12.5 Å². The molecule has 0 bridgehead atoms. The second-order valence-corrected chi connectivity index (χ2v) is 5.30. The maximum Gasteiger partial charge on any atom is 0.261 e. The lowest BCUT2D eigenvalue weighted by Gasteiger charge is -2.12. The van der Waals surface area contributed by atoms with Crippen LogP contribution in [-0.2, 0) is 4.79 Å². The Morgan fingerprint density at radius 2 is 1.70 bits per heavy atom. The van der Waals surface area contributed by atoms with Gasteiger partial charge in [0.15, 0.2) is 0 Å². The fraction of sp³-hybridized carbons (Fsp3) is 0.111. The van der Waals surface area contributed by atoms with Crippen LogP contribution in [0.4, 0.5) is 5.69 Å². The molecule has 0 aliphatic heterocycles. The highest BCUT2D eigenvalue weighted by Crippen LogP contribution is 2.21. The number of rotatable bonds is 4. The van der Waals surface area contributed by atoms with Crippen molar-refractivity contribution in [3.8, 4) is 0 Å². The molecule has 0 radical (unpaired) electrons. The molecular formula is C18H17ClN2O2. The molecule has 0 aromatic heterocycles. The third-order valence-electron chi connectivity index (χ3n) is 3.31. The Kier molecular flexibility index (Phi) is 5.55. The number of para-hydroxylation sites is 1. The molecule has 118 valence electrons. The van der Waals surface area contributed by atoms with Crippen LogP contribution in [0.5, 0.6) is 0 Å². The minimum absolute atomic E-state index is 0.124. The van der Waals surface area contributed by atoms with Gasteiger partial charge in [-0.3, -0.25) is 9.79 Å². The maximum absolute atomic E-state index is 12.6. The van der Waals surface area contributed by atoms with Crippen molar-refractivity contribution < 1.29 is 9.90 Å². The first-order valence-corrected chi connectivity index (χ1v) is 7.40. The minimum Gasteiger partial charge on any atom is -0.506 e. The molecular weight excluding hydrogens is 312 g/mol.